The van der Waals surface area contributed by atoms with Gasteiger partial charge in [-0.3, -0.25) is 9.69 Å². The Morgan fingerprint density at radius 1 is 1.14 bits per heavy atom. The first-order valence-electron chi connectivity index (χ1n) is 6.75. The number of nitrogens with zero attached hydrogens (tertiary/aromatic N) is 1. The van der Waals surface area contributed by atoms with Gasteiger partial charge in [-0.25, -0.2) is 4.79 Å². The second kappa shape index (κ2) is 4.77. The number of imide groups is 1. The van der Waals surface area contributed by atoms with Crippen molar-refractivity contribution in [2.75, 3.05) is 0 Å². The molecule has 0 bridgehead atoms. The van der Waals surface area contributed by atoms with Crippen molar-refractivity contribution in [1.82, 2.24) is 10.2 Å². The van der Waals surface area contributed by atoms with Crippen molar-refractivity contribution in [3.63, 3.8) is 0 Å². The van der Waals surface area contributed by atoms with E-state index in [9.17, 15) is 9.59 Å². The topological polar surface area (TPSA) is 62.6 Å². The summed E-state index contributed by atoms with van der Waals surface area (Å²) in [7, 11) is 0. The predicted molar refractivity (Wildman–Crippen MR) is 76.3 cm³/mol. The highest BCUT2D eigenvalue weighted by atomic mass is 16.3. The molecule has 0 aliphatic carbocycles. The molecule has 5 nitrogen and oxygen atoms in total. The molecule has 0 spiro atoms. The molecule has 1 aliphatic rings. The van der Waals surface area contributed by atoms with Gasteiger partial charge in [0.25, 0.3) is 5.91 Å². The lowest BCUT2D eigenvalue weighted by Gasteiger charge is -2.19. The van der Waals surface area contributed by atoms with Crippen LogP contribution in [0.4, 0.5) is 4.79 Å². The third-order valence-electron chi connectivity index (χ3n) is 3.69. The Kier molecular flexibility index (Phi) is 3.05. The van der Waals surface area contributed by atoms with Crippen molar-refractivity contribution >= 4 is 11.9 Å². The van der Waals surface area contributed by atoms with E-state index in [-0.39, 0.29) is 12.5 Å². The molecule has 1 saturated heterocycles. The van der Waals surface area contributed by atoms with Gasteiger partial charge in [0.05, 0.1) is 6.54 Å². The van der Waals surface area contributed by atoms with Gasteiger partial charge in [-0.2, -0.15) is 0 Å². The van der Waals surface area contributed by atoms with Crippen LogP contribution in [0.2, 0.25) is 0 Å². The Labute approximate surface area is 122 Å². The highest BCUT2D eigenvalue weighted by Gasteiger charge is 2.50. The van der Waals surface area contributed by atoms with Crippen LogP contribution in [0.5, 0.6) is 0 Å². The molecule has 0 radical (unpaired) electrons. The van der Waals surface area contributed by atoms with E-state index in [0.29, 0.717) is 11.5 Å². The molecule has 2 aromatic rings. The summed E-state index contributed by atoms with van der Waals surface area (Å²) in [6, 6.07) is 12.5. The largest absolute Gasteiger partial charge is 0.463 e. The number of nitrogens with one attached hydrogen (secondary N) is 1. The minimum absolute atomic E-state index is 0.251. The Balaban J connectivity index is 1.88. The SMILES string of the molecule is Cc1ccc([C@]2(C)NC(=O)N(Cc3ccccc3)C2=O)o1. The van der Waals surface area contributed by atoms with Crippen molar-refractivity contribution in [2.24, 2.45) is 0 Å². The van der Waals surface area contributed by atoms with Crippen LogP contribution in [0.3, 0.4) is 0 Å². The standard InChI is InChI=1S/C16H16N2O3/c1-11-8-9-13(21-11)16(2)14(19)18(15(20)17-16)10-12-6-4-3-5-7-12/h3-9H,10H2,1-2H3,(H,17,20)/t16-/m0/s1. The summed E-state index contributed by atoms with van der Waals surface area (Å²) >= 11 is 0. The van der Waals surface area contributed by atoms with E-state index in [4.69, 9.17) is 4.42 Å². The second-order valence-electron chi connectivity index (χ2n) is 5.34. The summed E-state index contributed by atoms with van der Waals surface area (Å²) in [5, 5.41) is 2.72. The molecule has 108 valence electrons. The van der Waals surface area contributed by atoms with Crippen molar-refractivity contribution in [1.29, 1.82) is 0 Å². The molecule has 21 heavy (non-hydrogen) atoms. The first kappa shape index (κ1) is 13.4. The molecule has 1 N–H and O–H groups in total. The van der Waals surface area contributed by atoms with Gasteiger partial charge in [0.1, 0.15) is 11.5 Å². The van der Waals surface area contributed by atoms with Gasteiger partial charge in [-0.15, -0.1) is 0 Å². The van der Waals surface area contributed by atoms with Crippen LogP contribution < -0.4 is 5.32 Å². The molecule has 3 rings (SSSR count). The fraction of sp³-hybridized carbons (Fsp3) is 0.250. The number of rotatable bonds is 3. The Morgan fingerprint density at radius 3 is 2.48 bits per heavy atom. The summed E-state index contributed by atoms with van der Waals surface area (Å²) in [5.74, 6) is 0.856. The number of aryl methyl sites for hydroxylation is 1. The van der Waals surface area contributed by atoms with E-state index in [1.165, 1.54) is 4.90 Å². The predicted octanol–water partition coefficient (Wildman–Crippen LogP) is 2.56. The fourth-order valence-electron chi connectivity index (χ4n) is 2.48. The van der Waals surface area contributed by atoms with Gasteiger partial charge in [-0.1, -0.05) is 30.3 Å². The summed E-state index contributed by atoms with van der Waals surface area (Å²) in [6.45, 7) is 3.72. The van der Waals surface area contributed by atoms with E-state index >= 15 is 0 Å². The Hall–Kier alpha value is -2.56. The maximum Gasteiger partial charge on any atom is 0.325 e. The van der Waals surface area contributed by atoms with Crippen molar-refractivity contribution in [2.45, 2.75) is 25.9 Å². The highest BCUT2D eigenvalue weighted by Crippen LogP contribution is 2.30. The molecule has 1 fully saturated rings. The summed E-state index contributed by atoms with van der Waals surface area (Å²) in [4.78, 5) is 26.0. The van der Waals surface area contributed by atoms with E-state index in [1.54, 1.807) is 26.0 Å². The average Bonchev–Trinajstić information content (AvgIpc) is 2.99. The highest BCUT2D eigenvalue weighted by molar-refractivity contribution is 6.06. The number of benzene rings is 1. The summed E-state index contributed by atoms with van der Waals surface area (Å²) in [6.07, 6.45) is 0. The third-order valence-corrected chi connectivity index (χ3v) is 3.69. The number of carbonyl (C=O) groups is 2. The number of amides is 3. The normalized spacial score (nSPS) is 21.7. The maximum atomic E-state index is 12.6. The number of hydrogen-bond donors (Lipinski definition) is 1. The molecule has 5 heteroatoms. The van der Waals surface area contributed by atoms with E-state index in [2.05, 4.69) is 5.32 Å². The van der Waals surface area contributed by atoms with Crippen LogP contribution in [0.1, 0.15) is 24.0 Å². The van der Waals surface area contributed by atoms with Gasteiger partial charge in [0.2, 0.25) is 0 Å². The first-order valence-corrected chi connectivity index (χ1v) is 6.75. The second-order valence-corrected chi connectivity index (χ2v) is 5.34. The maximum absolute atomic E-state index is 12.6. The first-order chi connectivity index (χ1) is 10.0. The van der Waals surface area contributed by atoms with Crippen LogP contribution in [-0.4, -0.2) is 16.8 Å². The Morgan fingerprint density at radius 2 is 1.86 bits per heavy atom. The molecule has 1 aromatic heterocycles. The third kappa shape index (κ3) is 2.20. The molecule has 1 aliphatic heterocycles. The van der Waals surface area contributed by atoms with E-state index in [1.807, 2.05) is 30.3 Å². The smallest absolute Gasteiger partial charge is 0.325 e. The van der Waals surface area contributed by atoms with Crippen LogP contribution in [0.25, 0.3) is 0 Å². The average molecular weight is 284 g/mol. The van der Waals surface area contributed by atoms with Gasteiger partial charge in [0, 0.05) is 0 Å². The molecule has 0 unspecified atom stereocenters. The minimum atomic E-state index is -1.14. The lowest BCUT2D eigenvalue weighted by Crippen LogP contribution is -2.40. The lowest BCUT2D eigenvalue weighted by molar-refractivity contribution is -0.132. The van der Waals surface area contributed by atoms with Gasteiger partial charge in [0.15, 0.2) is 5.54 Å². The monoisotopic (exact) mass is 284 g/mol. The Bertz CT molecular complexity index is 693. The van der Waals surface area contributed by atoms with Gasteiger partial charge < -0.3 is 9.73 Å². The van der Waals surface area contributed by atoms with Crippen molar-refractivity contribution in [3.05, 3.63) is 59.5 Å². The molecule has 3 amide bonds. The summed E-state index contributed by atoms with van der Waals surface area (Å²) in [5.41, 5.74) is -0.235. The molecule has 0 saturated carbocycles. The van der Waals surface area contributed by atoms with E-state index in [0.717, 1.165) is 5.56 Å². The van der Waals surface area contributed by atoms with Crippen LogP contribution >= 0.6 is 0 Å². The van der Waals surface area contributed by atoms with E-state index < -0.39 is 11.6 Å². The molecule has 1 aromatic carbocycles. The molecular formula is C16H16N2O3. The number of urea groups is 1. The quantitative estimate of drug-likeness (QED) is 0.881. The zero-order valence-corrected chi connectivity index (χ0v) is 11.9. The number of hydrogen-bond acceptors (Lipinski definition) is 3. The molecular weight excluding hydrogens is 268 g/mol. The van der Waals surface area contributed by atoms with Crippen LogP contribution in [0.15, 0.2) is 46.9 Å². The van der Waals surface area contributed by atoms with Crippen LogP contribution in [-0.2, 0) is 16.9 Å². The minimum Gasteiger partial charge on any atom is -0.463 e. The number of carbonyl (C=O) groups excluding carboxylic acids is 2. The number of furan rings is 1. The molecule has 2 heterocycles. The fourth-order valence-corrected chi connectivity index (χ4v) is 2.48. The van der Waals surface area contributed by atoms with Crippen LogP contribution in [0, 0.1) is 6.92 Å². The van der Waals surface area contributed by atoms with Crippen molar-refractivity contribution in [3.8, 4) is 0 Å². The summed E-state index contributed by atoms with van der Waals surface area (Å²) < 4.78 is 5.53. The van der Waals surface area contributed by atoms with Gasteiger partial charge >= 0.3 is 6.03 Å². The zero-order valence-electron chi connectivity index (χ0n) is 11.9. The zero-order chi connectivity index (χ0) is 15.0. The lowest BCUT2D eigenvalue weighted by atomic mass is 9.99. The molecule has 1 atom stereocenters. The van der Waals surface area contributed by atoms with Gasteiger partial charge in [-0.05, 0) is 31.5 Å². The van der Waals surface area contributed by atoms with Crippen molar-refractivity contribution < 1.29 is 14.0 Å².